The summed E-state index contributed by atoms with van der Waals surface area (Å²) in [6.45, 7) is 13.3. The van der Waals surface area contributed by atoms with Crippen molar-refractivity contribution in [2.75, 3.05) is 0 Å². The van der Waals surface area contributed by atoms with Crippen LogP contribution >= 0.6 is 12.2 Å². The SMILES string of the molecule is Cc1cnc2c(c1)[nH]c(=S)n2C(C)(C)CC(C)(C)C. The predicted octanol–water partition coefficient (Wildman–Crippen LogP) is 4.57. The second-order valence-electron chi connectivity index (χ2n) is 7.20. The molecule has 2 aromatic heterocycles. The van der Waals surface area contributed by atoms with E-state index in [1.165, 1.54) is 0 Å². The number of nitrogens with one attached hydrogen (secondary N) is 1. The maximum atomic E-state index is 5.50. The zero-order valence-corrected chi connectivity index (χ0v) is 13.5. The van der Waals surface area contributed by atoms with Gasteiger partial charge in [0.2, 0.25) is 0 Å². The zero-order valence-electron chi connectivity index (χ0n) is 12.7. The third kappa shape index (κ3) is 2.89. The van der Waals surface area contributed by atoms with Crippen LogP contribution in [0.2, 0.25) is 0 Å². The third-order valence-electron chi connectivity index (χ3n) is 3.23. The monoisotopic (exact) mass is 277 g/mol. The molecule has 104 valence electrons. The molecule has 0 radical (unpaired) electrons. The van der Waals surface area contributed by atoms with E-state index in [9.17, 15) is 0 Å². The molecule has 0 bridgehead atoms. The molecule has 2 rings (SSSR count). The average molecular weight is 277 g/mol. The van der Waals surface area contributed by atoms with Gasteiger partial charge in [0.15, 0.2) is 10.4 Å². The number of hydrogen-bond donors (Lipinski definition) is 1. The summed E-state index contributed by atoms with van der Waals surface area (Å²) >= 11 is 5.50. The number of rotatable bonds is 2. The molecule has 0 aliphatic heterocycles. The smallest absolute Gasteiger partial charge is 0.179 e. The largest absolute Gasteiger partial charge is 0.329 e. The molecule has 2 heterocycles. The molecule has 0 saturated carbocycles. The number of H-pyrrole nitrogens is 1. The van der Waals surface area contributed by atoms with E-state index in [0.29, 0.717) is 0 Å². The maximum Gasteiger partial charge on any atom is 0.179 e. The minimum Gasteiger partial charge on any atom is -0.329 e. The molecule has 0 aliphatic carbocycles. The van der Waals surface area contributed by atoms with E-state index >= 15 is 0 Å². The lowest BCUT2D eigenvalue weighted by molar-refractivity contribution is 0.217. The normalized spacial score (nSPS) is 13.2. The van der Waals surface area contributed by atoms with Crippen LogP contribution in [0.1, 0.15) is 46.6 Å². The Hall–Kier alpha value is -1.16. The number of aromatic amines is 1. The van der Waals surface area contributed by atoms with Crippen LogP contribution in [0.25, 0.3) is 11.2 Å². The van der Waals surface area contributed by atoms with Gasteiger partial charge in [-0.25, -0.2) is 4.98 Å². The Morgan fingerprint density at radius 2 is 1.89 bits per heavy atom. The van der Waals surface area contributed by atoms with Gasteiger partial charge in [-0.15, -0.1) is 0 Å². The topological polar surface area (TPSA) is 33.6 Å². The van der Waals surface area contributed by atoms with Crippen molar-refractivity contribution in [3.63, 3.8) is 0 Å². The minimum absolute atomic E-state index is 0.0597. The summed E-state index contributed by atoms with van der Waals surface area (Å²) < 4.78 is 2.91. The van der Waals surface area contributed by atoms with Gasteiger partial charge < -0.3 is 4.98 Å². The Kier molecular flexibility index (Phi) is 3.33. The highest BCUT2D eigenvalue weighted by Gasteiger charge is 2.29. The van der Waals surface area contributed by atoms with Gasteiger partial charge in [0, 0.05) is 11.7 Å². The first kappa shape index (κ1) is 14.3. The molecule has 0 aromatic carbocycles. The van der Waals surface area contributed by atoms with Crippen molar-refractivity contribution < 1.29 is 0 Å². The van der Waals surface area contributed by atoms with Gasteiger partial charge in [-0.05, 0) is 56.5 Å². The average Bonchev–Trinajstić information content (AvgIpc) is 2.49. The molecular weight excluding hydrogens is 254 g/mol. The lowest BCUT2D eigenvalue weighted by Crippen LogP contribution is -2.31. The molecule has 0 spiro atoms. The van der Waals surface area contributed by atoms with Gasteiger partial charge in [0.25, 0.3) is 0 Å². The summed E-state index contributed by atoms with van der Waals surface area (Å²) in [4.78, 5) is 7.84. The number of hydrogen-bond acceptors (Lipinski definition) is 2. The number of nitrogens with zero attached hydrogens (tertiary/aromatic N) is 2. The van der Waals surface area contributed by atoms with Crippen LogP contribution in [-0.4, -0.2) is 14.5 Å². The molecule has 0 saturated heterocycles. The first-order valence-electron chi connectivity index (χ1n) is 6.68. The van der Waals surface area contributed by atoms with Crippen LogP contribution in [0.4, 0.5) is 0 Å². The number of fused-ring (bicyclic) bond motifs is 1. The molecule has 1 N–H and O–H groups in total. The quantitative estimate of drug-likeness (QED) is 0.816. The molecule has 0 fully saturated rings. The van der Waals surface area contributed by atoms with E-state index < -0.39 is 0 Å². The Morgan fingerprint density at radius 3 is 2.47 bits per heavy atom. The molecule has 4 heteroatoms. The van der Waals surface area contributed by atoms with Crippen molar-refractivity contribution >= 4 is 23.4 Å². The molecule has 2 aromatic rings. The standard InChI is InChI=1S/C15H23N3S/c1-10-7-11-12(16-8-10)18(13(19)17-11)15(5,6)9-14(2,3)4/h7-8H,9H2,1-6H3,(H,17,19). The number of aryl methyl sites for hydroxylation is 1. The van der Waals surface area contributed by atoms with Crippen LogP contribution < -0.4 is 0 Å². The highest BCUT2D eigenvalue weighted by Crippen LogP contribution is 2.34. The van der Waals surface area contributed by atoms with Gasteiger partial charge in [-0.2, -0.15) is 0 Å². The van der Waals surface area contributed by atoms with Crippen LogP contribution in [-0.2, 0) is 5.54 Å². The van der Waals surface area contributed by atoms with Crippen molar-refractivity contribution in [2.45, 2.75) is 53.5 Å². The van der Waals surface area contributed by atoms with Crippen molar-refractivity contribution in [1.29, 1.82) is 0 Å². The van der Waals surface area contributed by atoms with Gasteiger partial charge in [0.1, 0.15) is 0 Å². The first-order valence-corrected chi connectivity index (χ1v) is 7.09. The second kappa shape index (κ2) is 4.44. The van der Waals surface area contributed by atoms with Crippen molar-refractivity contribution in [1.82, 2.24) is 14.5 Å². The summed E-state index contributed by atoms with van der Waals surface area (Å²) in [6.07, 6.45) is 2.94. The fourth-order valence-corrected chi connectivity index (χ4v) is 3.48. The molecule has 0 amide bonds. The van der Waals surface area contributed by atoms with Gasteiger partial charge in [-0.1, -0.05) is 20.8 Å². The van der Waals surface area contributed by atoms with E-state index in [0.717, 1.165) is 27.9 Å². The minimum atomic E-state index is -0.0597. The number of aromatic nitrogens is 3. The predicted molar refractivity (Wildman–Crippen MR) is 83.0 cm³/mol. The lowest BCUT2D eigenvalue weighted by atomic mass is 9.81. The van der Waals surface area contributed by atoms with Crippen LogP contribution in [0, 0.1) is 17.1 Å². The van der Waals surface area contributed by atoms with E-state index in [4.69, 9.17) is 12.2 Å². The van der Waals surface area contributed by atoms with Gasteiger partial charge in [0.05, 0.1) is 5.52 Å². The van der Waals surface area contributed by atoms with E-state index in [-0.39, 0.29) is 11.0 Å². The number of pyridine rings is 1. The highest BCUT2D eigenvalue weighted by molar-refractivity contribution is 7.71. The molecule has 0 atom stereocenters. The van der Waals surface area contributed by atoms with Crippen LogP contribution in [0.15, 0.2) is 12.3 Å². The van der Waals surface area contributed by atoms with E-state index in [1.807, 2.05) is 13.1 Å². The Labute approximate surface area is 120 Å². The van der Waals surface area contributed by atoms with E-state index in [1.54, 1.807) is 0 Å². The van der Waals surface area contributed by atoms with Crippen LogP contribution in [0.5, 0.6) is 0 Å². The summed E-state index contributed by atoms with van der Waals surface area (Å²) in [7, 11) is 0. The number of imidazole rings is 1. The van der Waals surface area contributed by atoms with Gasteiger partial charge >= 0.3 is 0 Å². The summed E-state index contributed by atoms with van der Waals surface area (Å²) in [5.74, 6) is 0. The zero-order chi connectivity index (χ0) is 14.4. The Morgan fingerprint density at radius 1 is 1.26 bits per heavy atom. The Bertz CT molecular complexity index is 656. The van der Waals surface area contributed by atoms with Crippen molar-refractivity contribution in [3.05, 3.63) is 22.6 Å². The molecule has 0 aliphatic rings. The van der Waals surface area contributed by atoms with Crippen molar-refractivity contribution in [2.24, 2.45) is 5.41 Å². The molecule has 0 unspecified atom stereocenters. The van der Waals surface area contributed by atoms with Crippen LogP contribution in [0.3, 0.4) is 0 Å². The lowest BCUT2D eigenvalue weighted by Gasteiger charge is -2.33. The molecular formula is C15H23N3S. The van der Waals surface area contributed by atoms with E-state index in [2.05, 4.69) is 55.2 Å². The summed E-state index contributed by atoms with van der Waals surface area (Å²) in [6, 6.07) is 2.10. The maximum absolute atomic E-state index is 5.50. The second-order valence-corrected chi connectivity index (χ2v) is 7.59. The summed E-state index contributed by atoms with van der Waals surface area (Å²) in [5, 5.41) is 0. The Balaban J connectivity index is 2.62. The molecule has 3 nitrogen and oxygen atoms in total. The summed E-state index contributed by atoms with van der Waals surface area (Å²) in [5.41, 5.74) is 3.30. The third-order valence-corrected chi connectivity index (χ3v) is 3.51. The first-order chi connectivity index (χ1) is 8.60. The fraction of sp³-hybridized carbons (Fsp3) is 0.600. The highest BCUT2D eigenvalue weighted by atomic mass is 32.1. The fourth-order valence-electron chi connectivity index (χ4n) is 3.04. The van der Waals surface area contributed by atoms with Crippen molar-refractivity contribution in [3.8, 4) is 0 Å². The van der Waals surface area contributed by atoms with Gasteiger partial charge in [-0.3, -0.25) is 4.57 Å². The molecule has 19 heavy (non-hydrogen) atoms.